The number of aliphatic carboxylic acids is 1. The molecule has 126 valence electrons. The lowest BCUT2D eigenvalue weighted by atomic mass is 10.0. The summed E-state index contributed by atoms with van der Waals surface area (Å²) in [6, 6.07) is 13.7. The standard InChI is InChI=1S/C19H15NO5/c1-11-2-7-16-14(8-11)15(19(23)24)9-17(20-16)12-3-5-13(6-4-12)25-10-18(21)22/h2-9H,10H2,1H3,(H,21,22)(H,23,24). The fourth-order valence-electron chi connectivity index (χ4n) is 2.53. The molecule has 3 aromatic rings. The summed E-state index contributed by atoms with van der Waals surface area (Å²) in [5.41, 5.74) is 3.00. The number of aromatic carboxylic acids is 1. The lowest BCUT2D eigenvalue weighted by Crippen LogP contribution is -2.09. The van der Waals surface area contributed by atoms with Crippen molar-refractivity contribution in [1.29, 1.82) is 0 Å². The zero-order valence-electron chi connectivity index (χ0n) is 13.4. The second kappa shape index (κ2) is 6.60. The number of ether oxygens (including phenoxy) is 1. The number of benzene rings is 2. The molecule has 0 atom stereocenters. The van der Waals surface area contributed by atoms with Gasteiger partial charge in [-0.05, 0) is 49.4 Å². The summed E-state index contributed by atoms with van der Waals surface area (Å²) in [6.45, 7) is 1.48. The van der Waals surface area contributed by atoms with Crippen molar-refractivity contribution in [3.05, 3.63) is 59.7 Å². The molecular weight excluding hydrogens is 322 g/mol. The minimum Gasteiger partial charge on any atom is -0.482 e. The van der Waals surface area contributed by atoms with Gasteiger partial charge in [-0.3, -0.25) is 0 Å². The Balaban J connectivity index is 2.02. The molecule has 0 saturated carbocycles. The molecule has 2 N–H and O–H groups in total. The van der Waals surface area contributed by atoms with E-state index in [0.717, 1.165) is 5.56 Å². The highest BCUT2D eigenvalue weighted by molar-refractivity contribution is 6.03. The van der Waals surface area contributed by atoms with E-state index in [4.69, 9.17) is 9.84 Å². The van der Waals surface area contributed by atoms with Crippen LogP contribution in [0, 0.1) is 6.92 Å². The average Bonchev–Trinajstić information content (AvgIpc) is 2.59. The third kappa shape index (κ3) is 3.58. The van der Waals surface area contributed by atoms with E-state index < -0.39 is 18.5 Å². The first-order chi connectivity index (χ1) is 11.9. The Morgan fingerprint density at radius 3 is 2.40 bits per heavy atom. The topological polar surface area (TPSA) is 96.7 Å². The summed E-state index contributed by atoms with van der Waals surface area (Å²) >= 11 is 0. The van der Waals surface area contributed by atoms with E-state index in [9.17, 15) is 14.7 Å². The second-order valence-electron chi connectivity index (χ2n) is 5.59. The normalized spacial score (nSPS) is 10.6. The van der Waals surface area contributed by atoms with E-state index in [0.29, 0.717) is 27.9 Å². The zero-order chi connectivity index (χ0) is 18.0. The molecule has 25 heavy (non-hydrogen) atoms. The van der Waals surface area contributed by atoms with Crippen LogP contribution in [-0.4, -0.2) is 33.7 Å². The molecule has 6 heteroatoms. The van der Waals surface area contributed by atoms with Gasteiger partial charge in [0.05, 0.1) is 16.8 Å². The molecule has 0 unspecified atom stereocenters. The summed E-state index contributed by atoms with van der Waals surface area (Å²) < 4.78 is 5.09. The second-order valence-corrected chi connectivity index (χ2v) is 5.59. The number of hydrogen-bond donors (Lipinski definition) is 2. The number of aromatic nitrogens is 1. The predicted molar refractivity (Wildman–Crippen MR) is 92.0 cm³/mol. The lowest BCUT2D eigenvalue weighted by molar-refractivity contribution is -0.139. The predicted octanol–water partition coefficient (Wildman–Crippen LogP) is 3.37. The smallest absolute Gasteiger partial charge is 0.341 e. The quantitative estimate of drug-likeness (QED) is 0.741. The van der Waals surface area contributed by atoms with E-state index in [-0.39, 0.29) is 5.56 Å². The minimum atomic E-state index is -1.05. The monoisotopic (exact) mass is 337 g/mol. The SMILES string of the molecule is Cc1ccc2nc(-c3ccc(OCC(=O)O)cc3)cc(C(=O)O)c2c1. The molecule has 0 amide bonds. The molecule has 2 aromatic carbocycles. The van der Waals surface area contributed by atoms with Gasteiger partial charge in [0.25, 0.3) is 0 Å². The molecule has 0 fully saturated rings. The van der Waals surface area contributed by atoms with Gasteiger partial charge in [-0.25, -0.2) is 14.6 Å². The molecule has 0 aliphatic carbocycles. The average molecular weight is 337 g/mol. The Kier molecular flexibility index (Phi) is 4.35. The van der Waals surface area contributed by atoms with Gasteiger partial charge in [-0.1, -0.05) is 11.6 Å². The van der Waals surface area contributed by atoms with Crippen LogP contribution in [0.25, 0.3) is 22.2 Å². The number of hydrogen-bond acceptors (Lipinski definition) is 4. The van der Waals surface area contributed by atoms with Crippen LogP contribution in [0.5, 0.6) is 5.75 Å². The van der Waals surface area contributed by atoms with Crippen LogP contribution in [0.3, 0.4) is 0 Å². The first kappa shape index (κ1) is 16.4. The summed E-state index contributed by atoms with van der Waals surface area (Å²) in [4.78, 5) is 26.7. The molecule has 1 aromatic heterocycles. The molecular formula is C19H15NO5. The van der Waals surface area contributed by atoms with E-state index in [1.54, 1.807) is 36.4 Å². The van der Waals surface area contributed by atoms with Gasteiger partial charge in [0.2, 0.25) is 0 Å². The number of carbonyl (C=O) groups is 2. The van der Waals surface area contributed by atoms with Crippen molar-refractivity contribution in [1.82, 2.24) is 4.98 Å². The van der Waals surface area contributed by atoms with E-state index >= 15 is 0 Å². The number of carboxylic acid groups (broad SMARTS) is 2. The fraction of sp³-hybridized carbons (Fsp3) is 0.105. The first-order valence-corrected chi connectivity index (χ1v) is 7.54. The van der Waals surface area contributed by atoms with Crippen LogP contribution in [0.1, 0.15) is 15.9 Å². The third-order valence-corrected chi connectivity index (χ3v) is 3.71. The third-order valence-electron chi connectivity index (χ3n) is 3.71. The van der Waals surface area contributed by atoms with Crippen molar-refractivity contribution in [2.45, 2.75) is 6.92 Å². The molecule has 0 saturated heterocycles. The van der Waals surface area contributed by atoms with Crippen LogP contribution in [0.15, 0.2) is 48.5 Å². The molecule has 0 aliphatic heterocycles. The largest absolute Gasteiger partial charge is 0.482 e. The van der Waals surface area contributed by atoms with Crippen LogP contribution in [-0.2, 0) is 4.79 Å². The van der Waals surface area contributed by atoms with Gasteiger partial charge >= 0.3 is 11.9 Å². The summed E-state index contributed by atoms with van der Waals surface area (Å²) in [5.74, 6) is -1.65. The van der Waals surface area contributed by atoms with Crippen LogP contribution in [0.4, 0.5) is 0 Å². The Hall–Kier alpha value is -3.41. The Labute approximate surface area is 143 Å². The Morgan fingerprint density at radius 2 is 1.76 bits per heavy atom. The Morgan fingerprint density at radius 1 is 1.04 bits per heavy atom. The van der Waals surface area contributed by atoms with E-state index in [1.165, 1.54) is 6.07 Å². The number of pyridine rings is 1. The van der Waals surface area contributed by atoms with Gasteiger partial charge < -0.3 is 14.9 Å². The van der Waals surface area contributed by atoms with Crippen molar-refractivity contribution in [2.24, 2.45) is 0 Å². The molecule has 3 rings (SSSR count). The zero-order valence-corrected chi connectivity index (χ0v) is 13.4. The molecule has 0 radical (unpaired) electrons. The summed E-state index contributed by atoms with van der Waals surface area (Å²) in [6.07, 6.45) is 0. The number of rotatable bonds is 5. The van der Waals surface area contributed by atoms with Crippen molar-refractivity contribution in [3.63, 3.8) is 0 Å². The molecule has 0 spiro atoms. The maximum absolute atomic E-state index is 11.6. The van der Waals surface area contributed by atoms with Crippen molar-refractivity contribution in [3.8, 4) is 17.0 Å². The summed E-state index contributed by atoms with van der Waals surface area (Å²) in [7, 11) is 0. The highest BCUT2D eigenvalue weighted by Crippen LogP contribution is 2.27. The highest BCUT2D eigenvalue weighted by Gasteiger charge is 2.13. The minimum absolute atomic E-state index is 0.190. The van der Waals surface area contributed by atoms with E-state index in [1.807, 2.05) is 13.0 Å². The van der Waals surface area contributed by atoms with Gasteiger partial charge in [-0.2, -0.15) is 0 Å². The number of carboxylic acids is 2. The lowest BCUT2D eigenvalue weighted by Gasteiger charge is -2.09. The van der Waals surface area contributed by atoms with Crippen molar-refractivity contribution >= 4 is 22.8 Å². The van der Waals surface area contributed by atoms with Gasteiger partial charge in [0.1, 0.15) is 5.75 Å². The van der Waals surface area contributed by atoms with Crippen LogP contribution in [0.2, 0.25) is 0 Å². The van der Waals surface area contributed by atoms with E-state index in [2.05, 4.69) is 4.98 Å². The van der Waals surface area contributed by atoms with Gasteiger partial charge in [-0.15, -0.1) is 0 Å². The van der Waals surface area contributed by atoms with Crippen LogP contribution >= 0.6 is 0 Å². The number of aryl methyl sites for hydroxylation is 1. The highest BCUT2D eigenvalue weighted by atomic mass is 16.5. The number of nitrogens with zero attached hydrogens (tertiary/aromatic N) is 1. The van der Waals surface area contributed by atoms with Gasteiger partial charge in [0, 0.05) is 10.9 Å². The first-order valence-electron chi connectivity index (χ1n) is 7.54. The number of fused-ring (bicyclic) bond motifs is 1. The summed E-state index contributed by atoms with van der Waals surface area (Å²) in [5, 5.41) is 18.7. The van der Waals surface area contributed by atoms with Crippen molar-refractivity contribution < 1.29 is 24.5 Å². The molecule has 0 bridgehead atoms. The van der Waals surface area contributed by atoms with Crippen LogP contribution < -0.4 is 4.74 Å². The molecule has 1 heterocycles. The molecule has 6 nitrogen and oxygen atoms in total. The maximum atomic E-state index is 11.6. The molecule has 0 aliphatic rings. The maximum Gasteiger partial charge on any atom is 0.341 e. The Bertz CT molecular complexity index is 963. The fourth-order valence-corrected chi connectivity index (χ4v) is 2.53. The van der Waals surface area contributed by atoms with Crippen molar-refractivity contribution in [2.75, 3.05) is 6.61 Å². The van der Waals surface area contributed by atoms with Gasteiger partial charge in [0.15, 0.2) is 6.61 Å².